The number of aryl methyl sites for hydroxylation is 2. The van der Waals surface area contributed by atoms with Gasteiger partial charge in [-0.15, -0.1) is 0 Å². The number of carbonyl (C=O) groups excluding carboxylic acids is 1. The summed E-state index contributed by atoms with van der Waals surface area (Å²) in [4.78, 5) is 29.9. The molecule has 0 atom stereocenters. The van der Waals surface area contributed by atoms with Crippen LogP contribution in [-0.2, 0) is 11.2 Å². The maximum absolute atomic E-state index is 11.6. The van der Waals surface area contributed by atoms with Crippen molar-refractivity contribution in [2.24, 2.45) is 0 Å². The van der Waals surface area contributed by atoms with Crippen LogP contribution < -0.4 is 10.9 Å². The zero-order valence-corrected chi connectivity index (χ0v) is 9.46. The Balaban J connectivity index is 2.13. The smallest absolute Gasteiger partial charge is 0.254 e. The maximum atomic E-state index is 11.6. The molecule has 0 saturated heterocycles. The Morgan fingerprint density at radius 2 is 2.19 bits per heavy atom. The van der Waals surface area contributed by atoms with Crippen LogP contribution in [0.5, 0.6) is 0 Å². The highest BCUT2D eigenvalue weighted by molar-refractivity contribution is 5.79. The molecule has 2 rings (SSSR count). The molecule has 0 aromatic carbocycles. The predicted octanol–water partition coefficient (Wildman–Crippen LogP) is 0.208. The normalized spacial score (nSPS) is 14.9. The molecule has 1 fully saturated rings. The molecule has 1 saturated carbocycles. The predicted molar refractivity (Wildman–Crippen MR) is 59.2 cm³/mol. The van der Waals surface area contributed by atoms with Crippen LogP contribution in [0.15, 0.2) is 4.79 Å². The van der Waals surface area contributed by atoms with Crippen molar-refractivity contribution in [1.29, 1.82) is 0 Å². The molecule has 1 aliphatic carbocycles. The van der Waals surface area contributed by atoms with E-state index in [1.807, 2.05) is 0 Å². The Labute approximate surface area is 93.3 Å². The van der Waals surface area contributed by atoms with Gasteiger partial charge in [0.15, 0.2) is 0 Å². The summed E-state index contributed by atoms with van der Waals surface area (Å²) in [5.41, 5.74) is 0.881. The lowest BCUT2D eigenvalue weighted by atomic mass is 10.1. The molecule has 0 unspecified atom stereocenters. The van der Waals surface area contributed by atoms with Gasteiger partial charge in [0.05, 0.1) is 6.42 Å². The highest BCUT2D eigenvalue weighted by atomic mass is 16.2. The molecule has 1 amide bonds. The van der Waals surface area contributed by atoms with Gasteiger partial charge in [-0.3, -0.25) is 9.59 Å². The fraction of sp³-hybridized carbons (Fsp3) is 0.545. The van der Waals surface area contributed by atoms with Crippen molar-refractivity contribution in [2.75, 3.05) is 0 Å². The molecular weight excluding hydrogens is 206 g/mol. The van der Waals surface area contributed by atoms with Crippen molar-refractivity contribution in [3.8, 4) is 0 Å². The largest absolute Gasteiger partial charge is 0.353 e. The minimum Gasteiger partial charge on any atom is -0.353 e. The minimum atomic E-state index is -0.212. The number of aromatic nitrogens is 2. The summed E-state index contributed by atoms with van der Waals surface area (Å²) in [6, 6.07) is 0.324. The molecule has 1 heterocycles. The van der Waals surface area contributed by atoms with Crippen LogP contribution in [0, 0.1) is 13.8 Å². The Morgan fingerprint density at radius 3 is 2.75 bits per heavy atom. The lowest BCUT2D eigenvalue weighted by molar-refractivity contribution is -0.120. The molecule has 0 spiro atoms. The lowest BCUT2D eigenvalue weighted by Gasteiger charge is -2.05. The summed E-state index contributed by atoms with van der Waals surface area (Å²) in [7, 11) is 0. The van der Waals surface area contributed by atoms with E-state index in [1.165, 1.54) is 0 Å². The standard InChI is InChI=1S/C11H15N3O2/c1-6-9(11(16)13-7(2)12-6)5-10(15)14-8-3-4-8/h8H,3-5H2,1-2H3,(H,14,15)(H,12,13,16). The van der Waals surface area contributed by atoms with E-state index in [0.717, 1.165) is 12.8 Å². The molecule has 1 aromatic heterocycles. The third kappa shape index (κ3) is 2.48. The Hall–Kier alpha value is -1.65. The van der Waals surface area contributed by atoms with Crippen molar-refractivity contribution in [1.82, 2.24) is 15.3 Å². The molecule has 1 aliphatic rings. The van der Waals surface area contributed by atoms with Crippen molar-refractivity contribution in [2.45, 2.75) is 39.2 Å². The maximum Gasteiger partial charge on any atom is 0.254 e. The van der Waals surface area contributed by atoms with Crippen molar-refractivity contribution < 1.29 is 4.79 Å². The second-order valence-corrected chi connectivity index (χ2v) is 4.23. The van der Waals surface area contributed by atoms with E-state index in [0.29, 0.717) is 23.1 Å². The summed E-state index contributed by atoms with van der Waals surface area (Å²) < 4.78 is 0. The number of carbonyl (C=O) groups is 1. The van der Waals surface area contributed by atoms with Gasteiger partial charge in [0.1, 0.15) is 5.82 Å². The van der Waals surface area contributed by atoms with E-state index in [1.54, 1.807) is 13.8 Å². The van der Waals surface area contributed by atoms with Gasteiger partial charge in [0, 0.05) is 17.3 Å². The van der Waals surface area contributed by atoms with Gasteiger partial charge in [-0.05, 0) is 26.7 Å². The van der Waals surface area contributed by atoms with Crippen LogP contribution in [-0.4, -0.2) is 21.9 Å². The molecule has 86 valence electrons. The first kappa shape index (κ1) is 10.9. The summed E-state index contributed by atoms with van der Waals surface area (Å²) in [5.74, 6) is 0.482. The molecule has 2 N–H and O–H groups in total. The van der Waals surface area contributed by atoms with Gasteiger partial charge in [0.25, 0.3) is 5.56 Å². The van der Waals surface area contributed by atoms with Gasteiger partial charge in [-0.1, -0.05) is 0 Å². The first-order chi connectivity index (χ1) is 7.56. The Kier molecular flexibility index (Phi) is 2.77. The molecule has 0 radical (unpaired) electrons. The van der Waals surface area contributed by atoms with Gasteiger partial charge in [0.2, 0.25) is 5.91 Å². The minimum absolute atomic E-state index is 0.0956. The molecule has 1 aromatic rings. The zero-order valence-electron chi connectivity index (χ0n) is 9.46. The number of H-pyrrole nitrogens is 1. The van der Waals surface area contributed by atoms with E-state index in [9.17, 15) is 9.59 Å². The molecule has 0 bridgehead atoms. The highest BCUT2D eigenvalue weighted by Gasteiger charge is 2.23. The summed E-state index contributed by atoms with van der Waals surface area (Å²) in [6.07, 6.45) is 2.21. The van der Waals surface area contributed by atoms with E-state index in [-0.39, 0.29) is 17.9 Å². The first-order valence-corrected chi connectivity index (χ1v) is 5.42. The molecular formula is C11H15N3O2. The van der Waals surface area contributed by atoms with E-state index < -0.39 is 0 Å². The summed E-state index contributed by atoms with van der Waals surface area (Å²) in [6.45, 7) is 3.48. The molecule has 5 nitrogen and oxygen atoms in total. The van der Waals surface area contributed by atoms with Crippen LogP contribution in [0.3, 0.4) is 0 Å². The average Bonchev–Trinajstić information content (AvgIpc) is 2.95. The van der Waals surface area contributed by atoms with Gasteiger partial charge >= 0.3 is 0 Å². The lowest BCUT2D eigenvalue weighted by Crippen LogP contribution is -2.30. The monoisotopic (exact) mass is 221 g/mol. The number of aromatic amines is 1. The Bertz CT molecular complexity index is 475. The average molecular weight is 221 g/mol. The number of amides is 1. The topological polar surface area (TPSA) is 74.8 Å². The SMILES string of the molecule is Cc1nc(C)c(CC(=O)NC2CC2)c(=O)[nH]1. The Morgan fingerprint density at radius 1 is 1.50 bits per heavy atom. The fourth-order valence-electron chi connectivity index (χ4n) is 1.63. The molecule has 5 heteroatoms. The second-order valence-electron chi connectivity index (χ2n) is 4.23. The molecule has 0 aliphatic heterocycles. The quantitative estimate of drug-likeness (QED) is 0.766. The van der Waals surface area contributed by atoms with Crippen LogP contribution in [0.2, 0.25) is 0 Å². The van der Waals surface area contributed by atoms with Crippen LogP contribution >= 0.6 is 0 Å². The van der Waals surface area contributed by atoms with Crippen molar-refractivity contribution >= 4 is 5.91 Å². The second kappa shape index (κ2) is 4.08. The van der Waals surface area contributed by atoms with Crippen LogP contribution in [0.4, 0.5) is 0 Å². The third-order valence-corrected chi connectivity index (χ3v) is 2.62. The van der Waals surface area contributed by atoms with Crippen molar-refractivity contribution in [3.63, 3.8) is 0 Å². The third-order valence-electron chi connectivity index (χ3n) is 2.62. The summed E-state index contributed by atoms with van der Waals surface area (Å²) in [5, 5.41) is 2.85. The zero-order chi connectivity index (χ0) is 11.7. The van der Waals surface area contributed by atoms with E-state index in [2.05, 4.69) is 15.3 Å². The number of hydrogen-bond acceptors (Lipinski definition) is 3. The first-order valence-electron chi connectivity index (χ1n) is 5.42. The van der Waals surface area contributed by atoms with Gasteiger partial charge < -0.3 is 10.3 Å². The molecule has 16 heavy (non-hydrogen) atoms. The summed E-state index contributed by atoms with van der Waals surface area (Å²) >= 11 is 0. The van der Waals surface area contributed by atoms with Gasteiger partial charge in [-0.2, -0.15) is 0 Å². The van der Waals surface area contributed by atoms with E-state index in [4.69, 9.17) is 0 Å². The fourth-order valence-corrected chi connectivity index (χ4v) is 1.63. The van der Waals surface area contributed by atoms with E-state index >= 15 is 0 Å². The van der Waals surface area contributed by atoms with Crippen LogP contribution in [0.1, 0.15) is 29.9 Å². The van der Waals surface area contributed by atoms with Crippen molar-refractivity contribution in [3.05, 3.63) is 27.4 Å². The highest BCUT2D eigenvalue weighted by Crippen LogP contribution is 2.18. The number of hydrogen-bond donors (Lipinski definition) is 2. The number of nitrogens with one attached hydrogen (secondary N) is 2. The number of nitrogens with zero attached hydrogens (tertiary/aromatic N) is 1. The van der Waals surface area contributed by atoms with Gasteiger partial charge in [-0.25, -0.2) is 4.98 Å². The van der Waals surface area contributed by atoms with Crippen LogP contribution in [0.25, 0.3) is 0 Å². The number of rotatable bonds is 3.